The van der Waals surface area contributed by atoms with Crippen molar-refractivity contribution in [1.82, 2.24) is 15.2 Å². The molecule has 4 nitrogen and oxygen atoms in total. The van der Waals surface area contributed by atoms with Gasteiger partial charge in [-0.3, -0.25) is 4.90 Å². The second-order valence-electron chi connectivity index (χ2n) is 6.15. The zero-order valence-corrected chi connectivity index (χ0v) is 14.6. The van der Waals surface area contributed by atoms with Gasteiger partial charge in [0.05, 0.1) is 5.69 Å². The standard InChI is InChI=1S/C16H29N3OS/c1-5-20-13(4)16-18-15(11-21-16)10-19-8-6-14(7-9-19)17-12(2)3/h11-14,17H,5-10H2,1-4H3/t13-/m0/s1. The maximum absolute atomic E-state index is 5.61. The Morgan fingerprint density at radius 2 is 2.10 bits per heavy atom. The first-order chi connectivity index (χ1) is 10.1. The van der Waals surface area contributed by atoms with Gasteiger partial charge in [-0.05, 0) is 26.7 Å². The van der Waals surface area contributed by atoms with E-state index in [2.05, 4.69) is 36.4 Å². The molecule has 2 rings (SSSR count). The Balaban J connectivity index is 1.78. The number of aromatic nitrogens is 1. The molecule has 120 valence electrons. The van der Waals surface area contributed by atoms with Crippen LogP contribution in [0.15, 0.2) is 5.38 Å². The summed E-state index contributed by atoms with van der Waals surface area (Å²) in [6.07, 6.45) is 2.60. The molecule has 0 spiro atoms. The molecule has 21 heavy (non-hydrogen) atoms. The molecular formula is C16H29N3OS. The largest absolute Gasteiger partial charge is 0.372 e. The summed E-state index contributed by atoms with van der Waals surface area (Å²) in [5, 5.41) is 6.93. The summed E-state index contributed by atoms with van der Waals surface area (Å²) in [5.41, 5.74) is 1.19. The Hall–Kier alpha value is -0.490. The predicted octanol–water partition coefficient (Wildman–Crippen LogP) is 3.20. The first-order valence-electron chi connectivity index (χ1n) is 8.12. The highest BCUT2D eigenvalue weighted by Crippen LogP contribution is 2.22. The van der Waals surface area contributed by atoms with E-state index >= 15 is 0 Å². The number of thiazole rings is 1. The maximum Gasteiger partial charge on any atom is 0.122 e. The molecule has 5 heteroatoms. The van der Waals surface area contributed by atoms with Crippen molar-refractivity contribution in [3.8, 4) is 0 Å². The highest BCUT2D eigenvalue weighted by Gasteiger charge is 2.20. The average Bonchev–Trinajstić information content (AvgIpc) is 2.89. The van der Waals surface area contributed by atoms with Crippen molar-refractivity contribution in [2.24, 2.45) is 0 Å². The minimum atomic E-state index is 0.120. The highest BCUT2D eigenvalue weighted by atomic mass is 32.1. The number of hydrogen-bond acceptors (Lipinski definition) is 5. The summed E-state index contributed by atoms with van der Waals surface area (Å²) in [4.78, 5) is 7.24. The van der Waals surface area contributed by atoms with Crippen LogP contribution in [-0.4, -0.2) is 41.7 Å². The fourth-order valence-electron chi connectivity index (χ4n) is 2.86. The lowest BCUT2D eigenvalue weighted by Gasteiger charge is -2.33. The van der Waals surface area contributed by atoms with Crippen LogP contribution in [0, 0.1) is 0 Å². The van der Waals surface area contributed by atoms with E-state index in [0.717, 1.165) is 31.2 Å². The van der Waals surface area contributed by atoms with Crippen molar-refractivity contribution in [3.05, 3.63) is 16.1 Å². The topological polar surface area (TPSA) is 37.4 Å². The average molecular weight is 311 g/mol. The van der Waals surface area contributed by atoms with Gasteiger partial charge in [0.15, 0.2) is 0 Å². The van der Waals surface area contributed by atoms with Crippen molar-refractivity contribution in [3.63, 3.8) is 0 Å². The third kappa shape index (κ3) is 5.33. The summed E-state index contributed by atoms with van der Waals surface area (Å²) < 4.78 is 5.61. The molecule has 2 heterocycles. The number of nitrogens with one attached hydrogen (secondary N) is 1. The Morgan fingerprint density at radius 1 is 1.38 bits per heavy atom. The predicted molar refractivity (Wildman–Crippen MR) is 88.7 cm³/mol. The Morgan fingerprint density at radius 3 is 2.71 bits per heavy atom. The van der Waals surface area contributed by atoms with E-state index in [1.165, 1.54) is 18.5 Å². The van der Waals surface area contributed by atoms with Crippen molar-refractivity contribution < 1.29 is 4.74 Å². The summed E-state index contributed by atoms with van der Waals surface area (Å²) in [6, 6.07) is 1.27. The molecule has 0 amide bonds. The second kappa shape index (κ2) is 8.22. The van der Waals surface area contributed by atoms with Gasteiger partial charge in [-0.15, -0.1) is 11.3 Å². The number of hydrogen-bond donors (Lipinski definition) is 1. The lowest BCUT2D eigenvalue weighted by molar-refractivity contribution is 0.0759. The minimum Gasteiger partial charge on any atom is -0.372 e. The molecule has 1 saturated heterocycles. The van der Waals surface area contributed by atoms with Crippen LogP contribution < -0.4 is 5.32 Å². The molecule has 0 saturated carbocycles. The molecule has 0 bridgehead atoms. The molecule has 1 N–H and O–H groups in total. The van der Waals surface area contributed by atoms with E-state index in [-0.39, 0.29) is 6.10 Å². The van der Waals surface area contributed by atoms with Gasteiger partial charge >= 0.3 is 0 Å². The zero-order chi connectivity index (χ0) is 15.2. The molecule has 1 aliphatic heterocycles. The summed E-state index contributed by atoms with van der Waals surface area (Å²) >= 11 is 1.72. The van der Waals surface area contributed by atoms with Crippen molar-refractivity contribution in [2.45, 2.75) is 65.3 Å². The number of ether oxygens (including phenoxy) is 1. The van der Waals surface area contributed by atoms with Gasteiger partial charge in [0, 0.05) is 43.7 Å². The summed E-state index contributed by atoms with van der Waals surface area (Å²) in [7, 11) is 0. The quantitative estimate of drug-likeness (QED) is 0.839. The normalized spacial score (nSPS) is 19.3. The molecule has 1 atom stereocenters. The second-order valence-corrected chi connectivity index (χ2v) is 7.04. The van der Waals surface area contributed by atoms with Crippen LogP contribution in [0.1, 0.15) is 57.3 Å². The van der Waals surface area contributed by atoms with E-state index in [0.29, 0.717) is 12.1 Å². The molecule has 0 radical (unpaired) electrons. The van der Waals surface area contributed by atoms with Gasteiger partial charge in [-0.1, -0.05) is 13.8 Å². The van der Waals surface area contributed by atoms with Gasteiger partial charge in [0.2, 0.25) is 0 Å². The van der Waals surface area contributed by atoms with E-state index in [1.54, 1.807) is 11.3 Å². The molecular weight excluding hydrogens is 282 g/mol. The molecule has 0 aromatic carbocycles. The fraction of sp³-hybridized carbons (Fsp3) is 0.812. The van der Waals surface area contributed by atoms with E-state index in [9.17, 15) is 0 Å². The third-order valence-corrected chi connectivity index (χ3v) is 4.93. The SMILES string of the molecule is CCO[C@@H](C)c1nc(CN2CCC(NC(C)C)CC2)cs1. The zero-order valence-electron chi connectivity index (χ0n) is 13.8. The first kappa shape index (κ1) is 16.9. The van der Waals surface area contributed by atoms with E-state index in [1.807, 2.05) is 6.92 Å². The van der Waals surface area contributed by atoms with Crippen molar-refractivity contribution in [1.29, 1.82) is 0 Å². The Labute approximate surface area is 132 Å². The van der Waals surface area contributed by atoms with Crippen LogP contribution >= 0.6 is 11.3 Å². The molecule has 1 aromatic rings. The van der Waals surface area contributed by atoms with E-state index in [4.69, 9.17) is 9.72 Å². The fourth-order valence-corrected chi connectivity index (χ4v) is 3.68. The molecule has 1 fully saturated rings. The number of nitrogens with zero attached hydrogens (tertiary/aromatic N) is 2. The third-order valence-electron chi connectivity index (χ3n) is 3.88. The Kier molecular flexibility index (Phi) is 6.61. The van der Waals surface area contributed by atoms with Gasteiger partial charge < -0.3 is 10.1 Å². The van der Waals surface area contributed by atoms with Crippen LogP contribution in [0.2, 0.25) is 0 Å². The number of likely N-dealkylation sites (tertiary alicyclic amines) is 1. The smallest absolute Gasteiger partial charge is 0.122 e. The molecule has 0 aliphatic carbocycles. The van der Waals surface area contributed by atoms with Crippen LogP contribution in [0.4, 0.5) is 0 Å². The van der Waals surface area contributed by atoms with Crippen LogP contribution in [0.3, 0.4) is 0 Å². The van der Waals surface area contributed by atoms with Crippen LogP contribution in [-0.2, 0) is 11.3 Å². The summed E-state index contributed by atoms with van der Waals surface area (Å²) in [6.45, 7) is 12.6. The van der Waals surface area contributed by atoms with Crippen LogP contribution in [0.25, 0.3) is 0 Å². The molecule has 1 aromatic heterocycles. The maximum atomic E-state index is 5.61. The number of piperidine rings is 1. The monoisotopic (exact) mass is 311 g/mol. The molecule has 1 aliphatic rings. The van der Waals surface area contributed by atoms with Crippen LogP contribution in [0.5, 0.6) is 0 Å². The number of rotatable bonds is 7. The first-order valence-corrected chi connectivity index (χ1v) is 9.00. The minimum absolute atomic E-state index is 0.120. The Bertz CT molecular complexity index is 413. The van der Waals surface area contributed by atoms with Gasteiger partial charge in [-0.2, -0.15) is 0 Å². The highest BCUT2D eigenvalue weighted by molar-refractivity contribution is 7.09. The van der Waals surface area contributed by atoms with Gasteiger partial charge in [0.1, 0.15) is 11.1 Å². The lowest BCUT2D eigenvalue weighted by atomic mass is 10.0. The van der Waals surface area contributed by atoms with Crippen molar-refractivity contribution in [2.75, 3.05) is 19.7 Å². The summed E-state index contributed by atoms with van der Waals surface area (Å²) in [5.74, 6) is 0. The van der Waals surface area contributed by atoms with Crippen molar-refractivity contribution >= 4 is 11.3 Å². The molecule has 0 unspecified atom stereocenters. The lowest BCUT2D eigenvalue weighted by Crippen LogP contribution is -2.44. The van der Waals surface area contributed by atoms with Gasteiger partial charge in [0.25, 0.3) is 0 Å². The van der Waals surface area contributed by atoms with Gasteiger partial charge in [-0.25, -0.2) is 4.98 Å². The van der Waals surface area contributed by atoms with E-state index < -0.39 is 0 Å².